The van der Waals surface area contributed by atoms with Crippen molar-refractivity contribution in [1.29, 1.82) is 0 Å². The largest absolute Gasteiger partial charge is 0.330 e. The van der Waals surface area contributed by atoms with Crippen molar-refractivity contribution in [3.63, 3.8) is 0 Å². The summed E-state index contributed by atoms with van der Waals surface area (Å²) in [6.45, 7) is 9.06. The Kier molecular flexibility index (Phi) is 4.79. The van der Waals surface area contributed by atoms with Crippen LogP contribution in [0.1, 0.15) is 31.4 Å². The summed E-state index contributed by atoms with van der Waals surface area (Å²) in [4.78, 5) is 2.59. The van der Waals surface area contributed by atoms with Crippen LogP contribution in [0.3, 0.4) is 0 Å². The summed E-state index contributed by atoms with van der Waals surface area (Å²) < 4.78 is 0. The molecule has 0 saturated carbocycles. The van der Waals surface area contributed by atoms with Crippen LogP contribution in [-0.4, -0.2) is 24.5 Å². The van der Waals surface area contributed by atoms with Gasteiger partial charge >= 0.3 is 0 Å². The Labute approximate surface area is 111 Å². The number of benzene rings is 1. The Morgan fingerprint density at radius 2 is 1.61 bits per heavy atom. The van der Waals surface area contributed by atoms with E-state index in [1.807, 2.05) is 0 Å². The maximum absolute atomic E-state index is 5.57. The van der Waals surface area contributed by atoms with Gasteiger partial charge in [-0.1, -0.05) is 38.1 Å². The van der Waals surface area contributed by atoms with Gasteiger partial charge in [0.05, 0.1) is 0 Å². The van der Waals surface area contributed by atoms with Crippen molar-refractivity contribution < 1.29 is 0 Å². The molecule has 2 N–H and O–H groups in total. The van der Waals surface area contributed by atoms with Gasteiger partial charge in [0, 0.05) is 19.6 Å². The number of piperidine rings is 1. The molecule has 0 spiro atoms. The molecule has 0 radical (unpaired) electrons. The second-order valence-electron chi connectivity index (χ2n) is 6.00. The highest BCUT2D eigenvalue weighted by atomic mass is 15.1. The van der Waals surface area contributed by atoms with Crippen LogP contribution in [0.25, 0.3) is 0 Å². The van der Waals surface area contributed by atoms with E-state index < -0.39 is 0 Å². The molecule has 2 rings (SSSR count). The second-order valence-corrected chi connectivity index (χ2v) is 6.00. The van der Waals surface area contributed by atoms with Crippen LogP contribution in [-0.2, 0) is 13.0 Å². The SMILES string of the molecule is CC1CC(C)CN(Cc2ccc(CCN)cc2)C1. The molecule has 1 aromatic rings. The Bertz CT molecular complexity index is 348. The van der Waals surface area contributed by atoms with Gasteiger partial charge in [0.25, 0.3) is 0 Å². The summed E-state index contributed by atoms with van der Waals surface area (Å²) in [5, 5.41) is 0. The standard InChI is InChI=1S/C16H26N2/c1-13-9-14(2)11-18(10-13)12-16-5-3-15(4-6-16)7-8-17/h3-6,13-14H,7-12,17H2,1-2H3. The predicted molar refractivity (Wildman–Crippen MR) is 77.4 cm³/mol. The topological polar surface area (TPSA) is 29.3 Å². The number of likely N-dealkylation sites (tertiary alicyclic amines) is 1. The summed E-state index contributed by atoms with van der Waals surface area (Å²) in [7, 11) is 0. The first-order chi connectivity index (χ1) is 8.67. The number of hydrogen-bond acceptors (Lipinski definition) is 2. The van der Waals surface area contributed by atoms with Crippen molar-refractivity contribution in [3.8, 4) is 0 Å². The van der Waals surface area contributed by atoms with E-state index in [1.54, 1.807) is 0 Å². The first kappa shape index (κ1) is 13.6. The third-order valence-corrected chi connectivity index (χ3v) is 3.81. The lowest BCUT2D eigenvalue weighted by atomic mass is 9.91. The molecule has 100 valence electrons. The Hall–Kier alpha value is -0.860. The van der Waals surface area contributed by atoms with Gasteiger partial charge in [-0.3, -0.25) is 4.90 Å². The van der Waals surface area contributed by atoms with Gasteiger partial charge in [0.2, 0.25) is 0 Å². The highest BCUT2D eigenvalue weighted by Gasteiger charge is 2.21. The van der Waals surface area contributed by atoms with E-state index in [1.165, 1.54) is 30.6 Å². The molecule has 2 heteroatoms. The number of rotatable bonds is 4. The fourth-order valence-corrected chi connectivity index (χ4v) is 3.16. The minimum Gasteiger partial charge on any atom is -0.330 e. The Balaban J connectivity index is 1.92. The van der Waals surface area contributed by atoms with Gasteiger partial charge < -0.3 is 5.73 Å². The highest BCUT2D eigenvalue weighted by molar-refractivity contribution is 5.22. The maximum Gasteiger partial charge on any atom is 0.0233 e. The van der Waals surface area contributed by atoms with Crippen LogP contribution in [0.15, 0.2) is 24.3 Å². The zero-order valence-corrected chi connectivity index (χ0v) is 11.7. The lowest BCUT2D eigenvalue weighted by molar-refractivity contribution is 0.134. The molecule has 2 nitrogen and oxygen atoms in total. The van der Waals surface area contributed by atoms with E-state index in [-0.39, 0.29) is 0 Å². The van der Waals surface area contributed by atoms with Crippen molar-refractivity contribution in [2.75, 3.05) is 19.6 Å². The molecule has 2 unspecified atom stereocenters. The minimum atomic E-state index is 0.737. The smallest absolute Gasteiger partial charge is 0.0233 e. The average molecular weight is 246 g/mol. The molecular weight excluding hydrogens is 220 g/mol. The van der Waals surface area contributed by atoms with E-state index in [2.05, 4.69) is 43.0 Å². The van der Waals surface area contributed by atoms with Crippen LogP contribution in [0.5, 0.6) is 0 Å². The molecule has 1 aliphatic rings. The van der Waals surface area contributed by atoms with Crippen LogP contribution in [0, 0.1) is 11.8 Å². The maximum atomic E-state index is 5.57. The van der Waals surface area contributed by atoms with Gasteiger partial charge in [0.15, 0.2) is 0 Å². The highest BCUT2D eigenvalue weighted by Crippen LogP contribution is 2.22. The van der Waals surface area contributed by atoms with Crippen molar-refractivity contribution >= 4 is 0 Å². The summed E-state index contributed by atoms with van der Waals surface area (Å²) in [5.74, 6) is 1.68. The first-order valence-corrected chi connectivity index (χ1v) is 7.17. The van der Waals surface area contributed by atoms with Crippen molar-refractivity contribution in [2.45, 2.75) is 33.2 Å². The average Bonchev–Trinajstić information content (AvgIpc) is 2.31. The molecule has 0 bridgehead atoms. The summed E-state index contributed by atoms with van der Waals surface area (Å²) in [5.41, 5.74) is 8.35. The molecule has 1 aliphatic heterocycles. The van der Waals surface area contributed by atoms with E-state index in [4.69, 9.17) is 5.73 Å². The van der Waals surface area contributed by atoms with Crippen molar-refractivity contribution in [2.24, 2.45) is 17.6 Å². The van der Waals surface area contributed by atoms with E-state index >= 15 is 0 Å². The van der Waals surface area contributed by atoms with Gasteiger partial charge in [-0.25, -0.2) is 0 Å². The Morgan fingerprint density at radius 3 is 2.17 bits per heavy atom. The molecule has 1 fully saturated rings. The fraction of sp³-hybridized carbons (Fsp3) is 0.625. The molecule has 0 amide bonds. The van der Waals surface area contributed by atoms with Crippen molar-refractivity contribution in [1.82, 2.24) is 4.90 Å². The molecule has 18 heavy (non-hydrogen) atoms. The summed E-state index contributed by atoms with van der Waals surface area (Å²) >= 11 is 0. The van der Waals surface area contributed by atoms with Crippen LogP contribution >= 0.6 is 0 Å². The van der Waals surface area contributed by atoms with Gasteiger partial charge in [-0.2, -0.15) is 0 Å². The minimum absolute atomic E-state index is 0.737. The summed E-state index contributed by atoms with van der Waals surface area (Å²) in [6, 6.07) is 8.96. The normalized spacial score (nSPS) is 25.3. The number of nitrogens with zero attached hydrogens (tertiary/aromatic N) is 1. The van der Waals surface area contributed by atoms with Crippen molar-refractivity contribution in [3.05, 3.63) is 35.4 Å². The fourth-order valence-electron chi connectivity index (χ4n) is 3.16. The molecule has 1 saturated heterocycles. The first-order valence-electron chi connectivity index (χ1n) is 7.17. The molecule has 0 aromatic heterocycles. The monoisotopic (exact) mass is 246 g/mol. The third-order valence-electron chi connectivity index (χ3n) is 3.81. The lowest BCUT2D eigenvalue weighted by Gasteiger charge is -2.35. The number of nitrogens with two attached hydrogens (primary N) is 1. The zero-order valence-electron chi connectivity index (χ0n) is 11.7. The van der Waals surface area contributed by atoms with Gasteiger partial charge in [0.1, 0.15) is 0 Å². The van der Waals surface area contributed by atoms with E-state index in [0.717, 1.165) is 31.3 Å². The third kappa shape index (κ3) is 3.82. The van der Waals surface area contributed by atoms with Gasteiger partial charge in [-0.05, 0) is 42.3 Å². The van der Waals surface area contributed by atoms with Crippen LogP contribution in [0.4, 0.5) is 0 Å². The number of hydrogen-bond donors (Lipinski definition) is 1. The summed E-state index contributed by atoms with van der Waals surface area (Å²) in [6.07, 6.45) is 2.37. The lowest BCUT2D eigenvalue weighted by Crippen LogP contribution is -2.38. The molecule has 0 aliphatic carbocycles. The zero-order chi connectivity index (χ0) is 13.0. The quantitative estimate of drug-likeness (QED) is 0.885. The van der Waals surface area contributed by atoms with Crippen LogP contribution in [0.2, 0.25) is 0 Å². The molecule has 1 heterocycles. The molecular formula is C16H26N2. The van der Waals surface area contributed by atoms with E-state index in [9.17, 15) is 0 Å². The molecule has 1 aromatic carbocycles. The van der Waals surface area contributed by atoms with Gasteiger partial charge in [-0.15, -0.1) is 0 Å². The Morgan fingerprint density at radius 1 is 1.06 bits per heavy atom. The molecule has 2 atom stereocenters. The second kappa shape index (κ2) is 6.35. The predicted octanol–water partition coefficient (Wildman–Crippen LogP) is 2.67. The van der Waals surface area contributed by atoms with Crippen LogP contribution < -0.4 is 5.73 Å². The van der Waals surface area contributed by atoms with E-state index in [0.29, 0.717) is 0 Å².